The Morgan fingerprint density at radius 2 is 1.90 bits per heavy atom. The molecule has 0 saturated carbocycles. The molecular weight excluding hydrogens is 405 g/mol. The summed E-state index contributed by atoms with van der Waals surface area (Å²) < 4.78 is 38.7. The summed E-state index contributed by atoms with van der Waals surface area (Å²) in [6.45, 7) is 1.66. The molecule has 1 unspecified atom stereocenters. The van der Waals surface area contributed by atoms with Crippen molar-refractivity contribution in [1.29, 1.82) is 0 Å². The van der Waals surface area contributed by atoms with Gasteiger partial charge in [0.15, 0.2) is 0 Å². The maximum absolute atomic E-state index is 12.9. The van der Waals surface area contributed by atoms with E-state index in [1.54, 1.807) is 31.2 Å². The number of amides is 3. The first-order chi connectivity index (χ1) is 13.6. The molecule has 0 radical (unpaired) electrons. The van der Waals surface area contributed by atoms with Gasteiger partial charge >= 0.3 is 6.18 Å². The molecule has 3 rings (SSSR count). The lowest BCUT2D eigenvalue weighted by atomic mass is 10.0. The van der Waals surface area contributed by atoms with E-state index in [1.807, 2.05) is 0 Å². The third-order valence-electron chi connectivity index (χ3n) is 4.43. The number of imide groups is 1. The summed E-state index contributed by atoms with van der Waals surface area (Å²) in [4.78, 5) is 37.1. The monoisotopic (exact) mass is 422 g/mol. The molecule has 152 valence electrons. The number of nitrogens with one attached hydrogen (secondary N) is 1. The first-order valence-corrected chi connectivity index (χ1v) is 9.68. The zero-order chi connectivity index (χ0) is 21.2. The van der Waals surface area contributed by atoms with Crippen LogP contribution in [0.1, 0.15) is 40.0 Å². The molecule has 1 aliphatic rings. The molecule has 0 aromatic heterocycles. The highest BCUT2D eigenvalue weighted by Gasteiger charge is 2.31. The van der Waals surface area contributed by atoms with Crippen LogP contribution in [0.3, 0.4) is 0 Å². The Morgan fingerprint density at radius 1 is 1.17 bits per heavy atom. The fourth-order valence-corrected chi connectivity index (χ4v) is 3.60. The van der Waals surface area contributed by atoms with Crippen molar-refractivity contribution in [2.75, 3.05) is 5.75 Å². The van der Waals surface area contributed by atoms with Gasteiger partial charge in [-0.05, 0) is 42.3 Å². The summed E-state index contributed by atoms with van der Waals surface area (Å²) in [5, 5.41) is 2.34. The molecule has 0 bridgehead atoms. The quantitative estimate of drug-likeness (QED) is 0.776. The van der Waals surface area contributed by atoms with E-state index in [9.17, 15) is 27.6 Å². The molecule has 5 nitrogen and oxygen atoms in total. The lowest BCUT2D eigenvalue weighted by Crippen LogP contribution is -2.29. The van der Waals surface area contributed by atoms with Gasteiger partial charge in [0.2, 0.25) is 5.91 Å². The van der Waals surface area contributed by atoms with Crippen LogP contribution in [0, 0.1) is 0 Å². The molecule has 1 atom stereocenters. The van der Waals surface area contributed by atoms with Gasteiger partial charge in [-0.15, -0.1) is 0 Å². The number of carbonyl (C=O) groups is 3. The molecule has 0 aliphatic carbocycles. The van der Waals surface area contributed by atoms with Gasteiger partial charge in [-0.3, -0.25) is 19.3 Å². The predicted octanol–water partition coefficient (Wildman–Crippen LogP) is 4.39. The predicted molar refractivity (Wildman–Crippen MR) is 102 cm³/mol. The molecule has 2 aromatic rings. The molecule has 29 heavy (non-hydrogen) atoms. The molecule has 1 heterocycles. The minimum Gasteiger partial charge on any atom is -0.346 e. The van der Waals surface area contributed by atoms with Gasteiger partial charge in [-0.2, -0.15) is 13.2 Å². The van der Waals surface area contributed by atoms with Crippen molar-refractivity contribution in [2.45, 2.75) is 25.7 Å². The Bertz CT molecular complexity index is 946. The molecular formula is C20H17F3N2O3S. The summed E-state index contributed by atoms with van der Waals surface area (Å²) in [7, 11) is 0. The SMILES string of the molecule is CC(NC(=O)c1cccc(CN2C(=O)CSC2=O)c1)c1cccc(C(F)(F)F)c1. The number of alkyl halides is 3. The second-order valence-electron chi connectivity index (χ2n) is 6.55. The summed E-state index contributed by atoms with van der Waals surface area (Å²) in [6, 6.07) is 10.6. The zero-order valence-electron chi connectivity index (χ0n) is 15.3. The molecule has 1 saturated heterocycles. The van der Waals surface area contributed by atoms with Crippen molar-refractivity contribution < 1.29 is 27.6 Å². The Balaban J connectivity index is 1.71. The summed E-state index contributed by atoms with van der Waals surface area (Å²) in [5.74, 6) is -0.647. The van der Waals surface area contributed by atoms with Gasteiger partial charge in [0.25, 0.3) is 11.1 Å². The second-order valence-corrected chi connectivity index (χ2v) is 7.48. The Kier molecular flexibility index (Phi) is 5.97. The van der Waals surface area contributed by atoms with E-state index in [0.717, 1.165) is 28.8 Å². The number of thioether (sulfide) groups is 1. The number of hydrogen-bond donors (Lipinski definition) is 1. The van der Waals surface area contributed by atoms with Gasteiger partial charge < -0.3 is 5.32 Å². The van der Waals surface area contributed by atoms with Crippen molar-refractivity contribution in [3.05, 3.63) is 70.8 Å². The summed E-state index contributed by atoms with van der Waals surface area (Å²) >= 11 is 0.930. The van der Waals surface area contributed by atoms with Gasteiger partial charge in [-0.1, -0.05) is 36.0 Å². The minimum absolute atomic E-state index is 0.0645. The van der Waals surface area contributed by atoms with Crippen LogP contribution < -0.4 is 5.32 Å². The molecule has 1 N–H and O–H groups in total. The Morgan fingerprint density at radius 3 is 2.55 bits per heavy atom. The van der Waals surface area contributed by atoms with Crippen molar-refractivity contribution >= 4 is 28.8 Å². The van der Waals surface area contributed by atoms with Gasteiger partial charge in [-0.25, -0.2) is 0 Å². The normalized spacial score (nSPS) is 15.5. The summed E-state index contributed by atoms with van der Waals surface area (Å²) in [6.07, 6.45) is -4.46. The van der Waals surface area contributed by atoms with Crippen molar-refractivity contribution in [2.24, 2.45) is 0 Å². The fraction of sp³-hybridized carbons (Fsp3) is 0.250. The van der Waals surface area contributed by atoms with Crippen LogP contribution in [-0.2, 0) is 17.5 Å². The third-order valence-corrected chi connectivity index (χ3v) is 5.29. The first-order valence-electron chi connectivity index (χ1n) is 8.69. The van der Waals surface area contributed by atoms with E-state index in [0.29, 0.717) is 11.1 Å². The molecule has 1 fully saturated rings. The van der Waals surface area contributed by atoms with Crippen molar-refractivity contribution in [3.8, 4) is 0 Å². The Labute approximate surface area is 169 Å². The van der Waals surface area contributed by atoms with Crippen LogP contribution in [0.15, 0.2) is 48.5 Å². The third kappa shape index (κ3) is 4.97. The standard InChI is InChI=1S/C20H17F3N2O3S/c1-12(14-5-3-7-16(9-14)20(21,22)23)24-18(27)15-6-2-4-13(8-15)10-25-17(26)11-29-19(25)28/h2-9,12H,10-11H2,1H3,(H,24,27). The smallest absolute Gasteiger partial charge is 0.346 e. The zero-order valence-corrected chi connectivity index (χ0v) is 16.1. The number of benzene rings is 2. The van der Waals surface area contributed by atoms with Crippen LogP contribution in [-0.4, -0.2) is 27.7 Å². The molecule has 0 spiro atoms. The lowest BCUT2D eigenvalue weighted by Gasteiger charge is -2.17. The number of nitrogens with zero attached hydrogens (tertiary/aromatic N) is 1. The maximum atomic E-state index is 12.9. The molecule has 9 heteroatoms. The topological polar surface area (TPSA) is 66.5 Å². The fourth-order valence-electron chi connectivity index (χ4n) is 2.87. The number of halogens is 3. The number of hydrogen-bond acceptors (Lipinski definition) is 4. The highest BCUT2D eigenvalue weighted by Crippen LogP contribution is 2.30. The van der Waals surface area contributed by atoms with Crippen LogP contribution >= 0.6 is 11.8 Å². The van der Waals surface area contributed by atoms with E-state index >= 15 is 0 Å². The van der Waals surface area contributed by atoms with Gasteiger partial charge in [0, 0.05) is 5.56 Å². The first kappa shape index (κ1) is 20.9. The Hall–Kier alpha value is -2.81. The van der Waals surface area contributed by atoms with Crippen LogP contribution in [0.25, 0.3) is 0 Å². The summed E-state index contributed by atoms with van der Waals surface area (Å²) in [5.41, 5.74) is 0.437. The minimum atomic E-state index is -4.46. The highest BCUT2D eigenvalue weighted by molar-refractivity contribution is 8.14. The van der Waals surface area contributed by atoms with E-state index in [4.69, 9.17) is 0 Å². The second kappa shape index (κ2) is 8.28. The van der Waals surface area contributed by atoms with E-state index in [1.165, 1.54) is 12.1 Å². The van der Waals surface area contributed by atoms with Crippen LogP contribution in [0.5, 0.6) is 0 Å². The van der Waals surface area contributed by atoms with E-state index in [-0.39, 0.29) is 29.0 Å². The van der Waals surface area contributed by atoms with Crippen molar-refractivity contribution in [3.63, 3.8) is 0 Å². The van der Waals surface area contributed by atoms with Gasteiger partial charge in [0.1, 0.15) is 0 Å². The van der Waals surface area contributed by atoms with Crippen LogP contribution in [0.2, 0.25) is 0 Å². The lowest BCUT2D eigenvalue weighted by molar-refractivity contribution is -0.137. The molecule has 2 aromatic carbocycles. The van der Waals surface area contributed by atoms with E-state index in [2.05, 4.69) is 5.32 Å². The number of rotatable bonds is 5. The average molecular weight is 422 g/mol. The number of carbonyl (C=O) groups excluding carboxylic acids is 3. The van der Waals surface area contributed by atoms with Crippen LogP contribution in [0.4, 0.5) is 18.0 Å². The largest absolute Gasteiger partial charge is 0.416 e. The van der Waals surface area contributed by atoms with Gasteiger partial charge in [0.05, 0.1) is 23.9 Å². The molecule has 1 aliphatic heterocycles. The average Bonchev–Trinajstić information content (AvgIpc) is 2.99. The maximum Gasteiger partial charge on any atom is 0.416 e. The highest BCUT2D eigenvalue weighted by atomic mass is 32.2. The molecule has 3 amide bonds. The van der Waals surface area contributed by atoms with Crippen molar-refractivity contribution in [1.82, 2.24) is 10.2 Å². The van der Waals surface area contributed by atoms with E-state index < -0.39 is 23.7 Å².